The quantitative estimate of drug-likeness (QED) is 0.786. The summed E-state index contributed by atoms with van der Waals surface area (Å²) in [7, 11) is -0.478. The molecule has 5 nitrogen and oxygen atoms in total. The Bertz CT molecular complexity index is 539. The number of hydrogen-bond donors (Lipinski definition) is 2. The number of nitrogens with two attached hydrogens (primary N) is 1. The molecule has 1 saturated heterocycles. The molecule has 1 aliphatic heterocycles. The third-order valence-electron chi connectivity index (χ3n) is 4.69. The molecule has 2 fully saturated rings. The lowest BCUT2D eigenvalue weighted by molar-refractivity contribution is 0.00578. The van der Waals surface area contributed by atoms with Crippen molar-refractivity contribution in [2.45, 2.75) is 57.3 Å². The van der Waals surface area contributed by atoms with Crippen LogP contribution in [0, 0.1) is 0 Å². The summed E-state index contributed by atoms with van der Waals surface area (Å²) in [6.45, 7) is 8.03. The molecule has 0 bridgehead atoms. The number of aliphatic hydroxyl groups is 1. The van der Waals surface area contributed by atoms with Crippen molar-refractivity contribution in [1.29, 1.82) is 0 Å². The Hall–Kier alpha value is -1.11. The van der Waals surface area contributed by atoms with Gasteiger partial charge in [-0.05, 0) is 40.5 Å². The molecule has 3 rings (SSSR count). The van der Waals surface area contributed by atoms with Gasteiger partial charge >= 0.3 is 7.12 Å². The van der Waals surface area contributed by atoms with Crippen LogP contribution in [0.2, 0.25) is 0 Å². The second kappa shape index (κ2) is 3.96. The highest BCUT2D eigenvalue weighted by Crippen LogP contribution is 2.46. The predicted octanol–water partition coefficient (Wildman–Crippen LogP) is 0.944. The second-order valence-electron chi connectivity index (χ2n) is 6.82. The molecule has 3 N–H and O–H groups in total. The van der Waals surface area contributed by atoms with Gasteiger partial charge in [-0.3, -0.25) is 0 Å². The maximum Gasteiger partial charge on any atom is 0.496 e. The van der Waals surface area contributed by atoms with Crippen molar-refractivity contribution in [1.82, 2.24) is 4.98 Å². The van der Waals surface area contributed by atoms with Gasteiger partial charge in [-0.1, -0.05) is 6.07 Å². The summed E-state index contributed by atoms with van der Waals surface area (Å²) in [5.74, 6) is 0.380. The van der Waals surface area contributed by atoms with E-state index in [4.69, 9.17) is 15.0 Å². The molecule has 0 radical (unpaired) electrons. The monoisotopic (exact) mass is 276 g/mol. The molecule has 2 heterocycles. The van der Waals surface area contributed by atoms with Crippen LogP contribution < -0.4 is 11.2 Å². The van der Waals surface area contributed by atoms with Gasteiger partial charge in [0.25, 0.3) is 0 Å². The van der Waals surface area contributed by atoms with E-state index in [1.54, 1.807) is 6.20 Å². The van der Waals surface area contributed by atoms with E-state index in [0.29, 0.717) is 11.4 Å². The lowest BCUT2D eigenvalue weighted by atomic mass is 9.79. The van der Waals surface area contributed by atoms with Gasteiger partial charge in [-0.25, -0.2) is 4.98 Å². The second-order valence-corrected chi connectivity index (χ2v) is 6.82. The highest BCUT2D eigenvalue weighted by Gasteiger charge is 2.52. The Labute approximate surface area is 119 Å². The van der Waals surface area contributed by atoms with Gasteiger partial charge in [0, 0.05) is 17.2 Å². The van der Waals surface area contributed by atoms with Gasteiger partial charge in [0.05, 0.1) is 16.8 Å². The average molecular weight is 276 g/mol. The third-order valence-corrected chi connectivity index (χ3v) is 4.69. The number of hydrogen-bond acceptors (Lipinski definition) is 5. The number of anilines is 1. The molecular weight excluding hydrogens is 255 g/mol. The van der Waals surface area contributed by atoms with Crippen LogP contribution in [0.5, 0.6) is 0 Å². The molecule has 0 unspecified atom stereocenters. The van der Waals surface area contributed by atoms with Gasteiger partial charge < -0.3 is 20.1 Å². The van der Waals surface area contributed by atoms with Crippen LogP contribution >= 0.6 is 0 Å². The van der Waals surface area contributed by atoms with Crippen LogP contribution in [0.1, 0.15) is 46.1 Å². The van der Waals surface area contributed by atoms with E-state index >= 15 is 0 Å². The highest BCUT2D eigenvalue weighted by atomic mass is 16.7. The third kappa shape index (κ3) is 2.03. The fraction of sp³-hybridized carbons (Fsp3) is 0.643. The standard InChI is InChI=1S/C14H21BN2O3/c1-12(2)13(3,4)20-15(19-12)9-7-10(11(16)17-8-9)14(18)5-6-14/h7-8,18H,5-6H2,1-4H3,(H2,16,17). The zero-order chi connectivity index (χ0) is 14.8. The minimum absolute atomic E-state index is 0.380. The van der Waals surface area contributed by atoms with Crippen LogP contribution in [-0.2, 0) is 14.9 Å². The largest absolute Gasteiger partial charge is 0.496 e. The van der Waals surface area contributed by atoms with Crippen LogP contribution in [0.15, 0.2) is 12.3 Å². The Morgan fingerprint density at radius 3 is 2.25 bits per heavy atom. The van der Waals surface area contributed by atoms with Crippen molar-refractivity contribution < 1.29 is 14.4 Å². The smallest absolute Gasteiger partial charge is 0.399 e. The van der Waals surface area contributed by atoms with Crippen LogP contribution in [0.3, 0.4) is 0 Å². The SMILES string of the molecule is CC1(C)OB(c2cnc(N)c(C3(O)CC3)c2)OC1(C)C. The fourth-order valence-electron chi connectivity index (χ4n) is 2.36. The minimum Gasteiger partial charge on any atom is -0.399 e. The normalized spacial score (nSPS) is 25.8. The number of pyridine rings is 1. The summed E-state index contributed by atoms with van der Waals surface area (Å²) >= 11 is 0. The summed E-state index contributed by atoms with van der Waals surface area (Å²) in [5, 5.41) is 10.3. The molecule has 6 heteroatoms. The van der Waals surface area contributed by atoms with Crippen molar-refractivity contribution in [3.63, 3.8) is 0 Å². The van der Waals surface area contributed by atoms with Crippen molar-refractivity contribution in [3.8, 4) is 0 Å². The molecule has 1 aromatic rings. The molecule has 1 aliphatic carbocycles. The van der Waals surface area contributed by atoms with E-state index in [1.807, 2.05) is 33.8 Å². The predicted molar refractivity (Wildman–Crippen MR) is 77.5 cm³/mol. The molecule has 0 spiro atoms. The lowest BCUT2D eigenvalue weighted by Crippen LogP contribution is -2.41. The van der Waals surface area contributed by atoms with Crippen molar-refractivity contribution in [3.05, 3.63) is 17.8 Å². The Kier molecular flexibility index (Phi) is 2.75. The van der Waals surface area contributed by atoms with Gasteiger partial charge in [0.15, 0.2) is 0 Å². The highest BCUT2D eigenvalue weighted by molar-refractivity contribution is 6.62. The first-order valence-electron chi connectivity index (χ1n) is 6.99. The van der Waals surface area contributed by atoms with E-state index in [9.17, 15) is 5.11 Å². The summed E-state index contributed by atoms with van der Waals surface area (Å²) in [6.07, 6.45) is 3.12. The lowest BCUT2D eigenvalue weighted by Gasteiger charge is -2.32. The molecule has 0 aromatic carbocycles. The maximum atomic E-state index is 10.3. The molecule has 108 valence electrons. The topological polar surface area (TPSA) is 77.6 Å². The van der Waals surface area contributed by atoms with E-state index in [2.05, 4.69) is 4.98 Å². The van der Waals surface area contributed by atoms with E-state index in [1.165, 1.54) is 0 Å². The van der Waals surface area contributed by atoms with E-state index in [0.717, 1.165) is 18.3 Å². The van der Waals surface area contributed by atoms with Gasteiger partial charge in [-0.2, -0.15) is 0 Å². The average Bonchev–Trinajstić information content (AvgIpc) is 3.02. The first-order valence-corrected chi connectivity index (χ1v) is 6.99. The molecule has 20 heavy (non-hydrogen) atoms. The van der Waals surface area contributed by atoms with E-state index in [-0.39, 0.29) is 0 Å². The van der Waals surface area contributed by atoms with Crippen molar-refractivity contribution in [2.24, 2.45) is 0 Å². The molecule has 1 saturated carbocycles. The van der Waals surface area contributed by atoms with Gasteiger partial charge in [0.1, 0.15) is 5.82 Å². The summed E-state index contributed by atoms with van der Waals surface area (Å²) in [5.41, 5.74) is 5.76. The Morgan fingerprint density at radius 1 is 1.20 bits per heavy atom. The number of aromatic nitrogens is 1. The van der Waals surface area contributed by atoms with Crippen molar-refractivity contribution >= 4 is 18.4 Å². The summed E-state index contributed by atoms with van der Waals surface area (Å²) < 4.78 is 12.0. The van der Waals surface area contributed by atoms with Gasteiger partial charge in [-0.15, -0.1) is 0 Å². The van der Waals surface area contributed by atoms with Crippen LogP contribution in [-0.4, -0.2) is 28.4 Å². The molecule has 0 amide bonds. The van der Waals surface area contributed by atoms with Crippen LogP contribution in [0.25, 0.3) is 0 Å². The van der Waals surface area contributed by atoms with E-state index < -0.39 is 23.9 Å². The zero-order valence-corrected chi connectivity index (χ0v) is 12.4. The van der Waals surface area contributed by atoms with Crippen molar-refractivity contribution in [2.75, 3.05) is 5.73 Å². The minimum atomic E-state index is -0.809. The number of rotatable bonds is 2. The van der Waals surface area contributed by atoms with Gasteiger partial charge in [0.2, 0.25) is 0 Å². The summed E-state index contributed by atoms with van der Waals surface area (Å²) in [6, 6.07) is 1.86. The summed E-state index contributed by atoms with van der Waals surface area (Å²) in [4.78, 5) is 4.18. The molecule has 1 aromatic heterocycles. The fourth-order valence-corrected chi connectivity index (χ4v) is 2.36. The number of nitrogen functional groups attached to an aromatic ring is 1. The first kappa shape index (κ1) is 13.9. The Morgan fingerprint density at radius 2 is 1.75 bits per heavy atom. The number of nitrogens with zero attached hydrogens (tertiary/aromatic N) is 1. The Balaban J connectivity index is 1.93. The van der Waals surface area contributed by atoms with Crippen LogP contribution in [0.4, 0.5) is 5.82 Å². The molecule has 0 atom stereocenters. The zero-order valence-electron chi connectivity index (χ0n) is 12.4. The molecule has 2 aliphatic rings. The first-order chi connectivity index (χ1) is 9.15. The maximum absolute atomic E-state index is 10.3. The molecular formula is C14H21BN2O3.